The highest BCUT2D eigenvalue weighted by atomic mass is 35.5. The van der Waals surface area contributed by atoms with Crippen LogP contribution in [0.15, 0.2) is 48.5 Å². The van der Waals surface area contributed by atoms with Crippen LogP contribution < -0.4 is 11.1 Å². The molecule has 3 N–H and O–H groups in total. The first-order valence-electron chi connectivity index (χ1n) is 9.94. The molecule has 0 saturated heterocycles. The smallest absolute Gasteiger partial charge is 0.241 e. The van der Waals surface area contributed by atoms with E-state index in [1.165, 1.54) is 12.1 Å². The van der Waals surface area contributed by atoms with Crippen LogP contribution in [0, 0.1) is 5.82 Å². The van der Waals surface area contributed by atoms with Crippen LogP contribution in [0.4, 0.5) is 10.1 Å². The van der Waals surface area contributed by atoms with Crippen molar-refractivity contribution < 1.29 is 9.18 Å². The third kappa shape index (κ3) is 5.81. The first kappa shape index (κ1) is 24.8. The summed E-state index contributed by atoms with van der Waals surface area (Å²) in [5.41, 5.74) is 7.86. The molecule has 166 valence electrons. The van der Waals surface area contributed by atoms with E-state index in [2.05, 4.69) is 15.5 Å². The van der Waals surface area contributed by atoms with Crippen molar-refractivity contribution in [3.8, 4) is 11.4 Å². The van der Waals surface area contributed by atoms with Gasteiger partial charge in [-0.2, -0.15) is 0 Å². The van der Waals surface area contributed by atoms with Gasteiger partial charge in [0, 0.05) is 18.7 Å². The summed E-state index contributed by atoms with van der Waals surface area (Å²) in [6.07, 6.45) is 4.49. The minimum atomic E-state index is -0.699. The predicted octanol–water partition coefficient (Wildman–Crippen LogP) is 4.16. The number of anilines is 1. The normalized spacial score (nSPS) is 13.7. The molecule has 0 saturated carbocycles. The number of hydrogen-bond acceptors (Lipinski definition) is 4. The van der Waals surface area contributed by atoms with Gasteiger partial charge in [-0.1, -0.05) is 36.8 Å². The summed E-state index contributed by atoms with van der Waals surface area (Å²) in [7, 11) is 0. The zero-order valence-electron chi connectivity index (χ0n) is 17.0. The van der Waals surface area contributed by atoms with Crippen molar-refractivity contribution >= 4 is 36.4 Å². The molecule has 1 amide bonds. The molecular weight excluding hydrogens is 440 g/mol. The van der Waals surface area contributed by atoms with Gasteiger partial charge in [-0.05, 0) is 43.0 Å². The van der Waals surface area contributed by atoms with Gasteiger partial charge in [0.1, 0.15) is 11.6 Å². The molecule has 6 nitrogen and oxygen atoms in total. The van der Waals surface area contributed by atoms with Crippen molar-refractivity contribution in [3.05, 3.63) is 65.7 Å². The van der Waals surface area contributed by atoms with E-state index < -0.39 is 11.9 Å². The summed E-state index contributed by atoms with van der Waals surface area (Å²) in [6.45, 7) is 0.773. The molecule has 0 radical (unpaired) electrons. The molecule has 1 aromatic heterocycles. The van der Waals surface area contributed by atoms with Crippen molar-refractivity contribution in [1.82, 2.24) is 14.8 Å². The van der Waals surface area contributed by atoms with Gasteiger partial charge >= 0.3 is 0 Å². The summed E-state index contributed by atoms with van der Waals surface area (Å²) in [5.74, 6) is 0.683. The summed E-state index contributed by atoms with van der Waals surface area (Å²) in [5, 5.41) is 11.3. The molecule has 1 atom stereocenters. The van der Waals surface area contributed by atoms with Gasteiger partial charge < -0.3 is 15.6 Å². The lowest BCUT2D eigenvalue weighted by Crippen LogP contribution is -2.37. The fourth-order valence-corrected chi connectivity index (χ4v) is 3.65. The first-order valence-corrected chi connectivity index (χ1v) is 9.94. The summed E-state index contributed by atoms with van der Waals surface area (Å²) < 4.78 is 16.6. The van der Waals surface area contributed by atoms with Crippen LogP contribution in [0.5, 0.6) is 0 Å². The van der Waals surface area contributed by atoms with Gasteiger partial charge in [0.25, 0.3) is 0 Å². The number of aromatic nitrogens is 3. The average Bonchev–Trinajstić information content (AvgIpc) is 2.97. The van der Waals surface area contributed by atoms with Crippen molar-refractivity contribution in [3.63, 3.8) is 0 Å². The Hall–Kier alpha value is -2.48. The number of nitrogens with one attached hydrogen (secondary N) is 1. The molecule has 1 unspecified atom stereocenters. The molecule has 4 rings (SSSR count). The zero-order valence-corrected chi connectivity index (χ0v) is 18.6. The van der Waals surface area contributed by atoms with Gasteiger partial charge in [-0.25, -0.2) is 4.39 Å². The fourth-order valence-electron chi connectivity index (χ4n) is 3.65. The molecule has 0 fully saturated rings. The Morgan fingerprint density at radius 1 is 1.10 bits per heavy atom. The summed E-state index contributed by atoms with van der Waals surface area (Å²) >= 11 is 0. The van der Waals surface area contributed by atoms with E-state index in [9.17, 15) is 9.18 Å². The fraction of sp³-hybridized carbons (Fsp3) is 0.318. The van der Waals surface area contributed by atoms with Gasteiger partial charge in [-0.3, -0.25) is 4.79 Å². The number of nitrogens with two attached hydrogens (primary N) is 1. The minimum absolute atomic E-state index is 0. The van der Waals surface area contributed by atoms with E-state index in [1.807, 2.05) is 34.9 Å². The lowest BCUT2D eigenvalue weighted by Gasteiger charge is -2.14. The second-order valence-electron chi connectivity index (χ2n) is 7.38. The number of benzene rings is 2. The molecule has 2 heterocycles. The van der Waals surface area contributed by atoms with Crippen LogP contribution in [0.3, 0.4) is 0 Å². The lowest BCUT2D eigenvalue weighted by molar-refractivity contribution is -0.117. The van der Waals surface area contributed by atoms with E-state index in [1.54, 1.807) is 6.07 Å². The molecule has 2 aromatic carbocycles. The van der Waals surface area contributed by atoms with E-state index >= 15 is 0 Å². The summed E-state index contributed by atoms with van der Waals surface area (Å²) in [4.78, 5) is 12.5. The van der Waals surface area contributed by atoms with E-state index in [-0.39, 0.29) is 30.7 Å². The first-order chi connectivity index (χ1) is 14.1. The van der Waals surface area contributed by atoms with Crippen LogP contribution in [-0.4, -0.2) is 26.7 Å². The third-order valence-electron chi connectivity index (χ3n) is 5.22. The van der Waals surface area contributed by atoms with Crippen molar-refractivity contribution in [1.29, 1.82) is 0 Å². The number of nitrogens with zero attached hydrogens (tertiary/aromatic N) is 3. The zero-order chi connectivity index (χ0) is 20.2. The number of fused-ring (bicyclic) bond motifs is 1. The molecule has 9 heteroatoms. The maximum absolute atomic E-state index is 14.6. The van der Waals surface area contributed by atoms with Crippen molar-refractivity contribution in [2.45, 2.75) is 44.7 Å². The van der Waals surface area contributed by atoms with Gasteiger partial charge in [0.2, 0.25) is 5.91 Å². The predicted molar refractivity (Wildman–Crippen MR) is 124 cm³/mol. The number of carbonyl (C=O) groups excluding carboxylic acids is 1. The highest BCUT2D eigenvalue weighted by molar-refractivity contribution is 5.95. The van der Waals surface area contributed by atoms with Gasteiger partial charge in [-0.15, -0.1) is 35.0 Å². The number of halogens is 3. The molecule has 0 aliphatic carbocycles. The molecular formula is C22H26Cl2FN5O. The van der Waals surface area contributed by atoms with Crippen molar-refractivity contribution in [2.24, 2.45) is 5.73 Å². The molecule has 0 bridgehead atoms. The third-order valence-corrected chi connectivity index (χ3v) is 5.22. The molecule has 1 aliphatic heterocycles. The molecule has 0 spiro atoms. The van der Waals surface area contributed by atoms with E-state index in [4.69, 9.17) is 5.73 Å². The lowest BCUT2D eigenvalue weighted by atomic mass is 10.1. The summed E-state index contributed by atoms with van der Waals surface area (Å²) in [6, 6.07) is 13.4. The number of amides is 1. The molecule has 1 aliphatic rings. The second-order valence-corrected chi connectivity index (χ2v) is 7.38. The Labute approximate surface area is 193 Å². The number of hydrogen-bond donors (Lipinski definition) is 2. The van der Waals surface area contributed by atoms with E-state index in [0.717, 1.165) is 43.6 Å². The largest absolute Gasteiger partial charge is 0.325 e. The standard InChI is InChI=1S/C22H24FN5O.2ClH/c23-18-11-10-16(25-22(29)19(24)13-15-7-3-1-4-8-15)14-17(18)21-27-26-20-9-5-2-6-12-28(20)21;;/h1,3-4,7-8,10-11,14,19H,2,5-6,9,12-13,24H2,(H,25,29);2*1H. The Balaban J connectivity index is 0.00000171. The number of aryl methyl sites for hydroxylation is 1. The van der Waals surface area contributed by atoms with Crippen LogP contribution in [0.25, 0.3) is 11.4 Å². The Morgan fingerprint density at radius 3 is 2.65 bits per heavy atom. The SMILES string of the molecule is Cl.Cl.NC(Cc1ccccc1)C(=O)Nc1ccc(F)c(-c2nnc3n2CCCCC3)c1. The van der Waals surface area contributed by atoms with Crippen LogP contribution in [0.2, 0.25) is 0 Å². The Morgan fingerprint density at radius 2 is 1.87 bits per heavy atom. The Kier molecular flexibility index (Phi) is 8.98. The van der Waals surface area contributed by atoms with Crippen LogP contribution in [-0.2, 0) is 24.2 Å². The van der Waals surface area contributed by atoms with Gasteiger partial charge in [0.15, 0.2) is 5.82 Å². The monoisotopic (exact) mass is 465 g/mol. The van der Waals surface area contributed by atoms with Crippen LogP contribution in [0.1, 0.15) is 30.7 Å². The Bertz CT molecular complexity index is 1010. The maximum atomic E-state index is 14.6. The maximum Gasteiger partial charge on any atom is 0.241 e. The highest BCUT2D eigenvalue weighted by Crippen LogP contribution is 2.27. The minimum Gasteiger partial charge on any atom is -0.325 e. The quantitative estimate of drug-likeness (QED) is 0.591. The highest BCUT2D eigenvalue weighted by Gasteiger charge is 2.20. The van der Waals surface area contributed by atoms with Crippen molar-refractivity contribution in [2.75, 3.05) is 5.32 Å². The molecule has 31 heavy (non-hydrogen) atoms. The average molecular weight is 466 g/mol. The van der Waals surface area contributed by atoms with Gasteiger partial charge in [0.05, 0.1) is 11.6 Å². The van der Waals surface area contributed by atoms with Crippen LogP contribution >= 0.6 is 24.8 Å². The van der Waals surface area contributed by atoms with E-state index in [0.29, 0.717) is 23.5 Å². The topological polar surface area (TPSA) is 85.8 Å². The molecule has 3 aromatic rings. The second kappa shape index (κ2) is 11.2. The number of rotatable bonds is 5. The number of carbonyl (C=O) groups is 1.